The van der Waals surface area contributed by atoms with Crippen molar-refractivity contribution in [3.8, 4) is 5.75 Å². The van der Waals surface area contributed by atoms with Gasteiger partial charge in [0, 0.05) is 0 Å². The maximum atomic E-state index is 11.4. The van der Waals surface area contributed by atoms with Gasteiger partial charge < -0.3 is 9.84 Å². The summed E-state index contributed by atoms with van der Waals surface area (Å²) in [6, 6.07) is 5.40. The average molecular weight is 253 g/mol. The molecule has 0 fully saturated rings. The highest BCUT2D eigenvalue weighted by atomic mass is 16.7. The highest BCUT2D eigenvalue weighted by Crippen LogP contribution is 2.19. The monoisotopic (exact) mass is 253 g/mol. The molecule has 0 aliphatic carbocycles. The molecule has 0 atom stereocenters. The normalized spacial score (nSPS) is 9.89. The summed E-state index contributed by atoms with van der Waals surface area (Å²) in [6.07, 6.45) is 0.0935. The molecule has 18 heavy (non-hydrogen) atoms. The van der Waals surface area contributed by atoms with Crippen molar-refractivity contribution in [3.05, 3.63) is 29.3 Å². The Morgan fingerprint density at radius 3 is 2.72 bits per heavy atom. The fourth-order valence-electron chi connectivity index (χ4n) is 1.37. The van der Waals surface area contributed by atoms with Gasteiger partial charge in [0.25, 0.3) is 0 Å². The molecule has 0 aliphatic rings. The third kappa shape index (κ3) is 4.42. The van der Waals surface area contributed by atoms with Crippen molar-refractivity contribution in [1.82, 2.24) is 5.48 Å². The van der Waals surface area contributed by atoms with Crippen LogP contribution in [0.4, 0.5) is 0 Å². The first kappa shape index (κ1) is 14.0. The first-order valence-electron chi connectivity index (χ1n) is 5.29. The third-order valence-electron chi connectivity index (χ3n) is 2.22. The second-order valence-electron chi connectivity index (χ2n) is 3.69. The van der Waals surface area contributed by atoms with Gasteiger partial charge in [-0.05, 0) is 24.1 Å². The van der Waals surface area contributed by atoms with E-state index in [4.69, 9.17) is 9.84 Å². The largest absolute Gasteiger partial charge is 0.496 e. The van der Waals surface area contributed by atoms with E-state index < -0.39 is 18.5 Å². The highest BCUT2D eigenvalue weighted by Gasteiger charge is 2.07. The van der Waals surface area contributed by atoms with Crippen molar-refractivity contribution in [2.75, 3.05) is 13.7 Å². The van der Waals surface area contributed by atoms with Gasteiger partial charge >= 0.3 is 5.97 Å². The second-order valence-corrected chi connectivity index (χ2v) is 3.69. The molecule has 0 heterocycles. The molecule has 6 heteroatoms. The predicted octanol–water partition coefficient (Wildman–Crippen LogP) is 0.679. The Labute approximate surface area is 104 Å². The lowest BCUT2D eigenvalue weighted by atomic mass is 10.1. The molecule has 0 radical (unpaired) electrons. The van der Waals surface area contributed by atoms with Gasteiger partial charge in [-0.3, -0.25) is 9.63 Å². The van der Waals surface area contributed by atoms with E-state index in [1.54, 1.807) is 19.2 Å². The fourth-order valence-corrected chi connectivity index (χ4v) is 1.37. The van der Waals surface area contributed by atoms with Crippen LogP contribution in [-0.2, 0) is 20.8 Å². The molecular weight excluding hydrogens is 238 g/mol. The number of aryl methyl sites for hydroxylation is 1. The van der Waals surface area contributed by atoms with Crippen molar-refractivity contribution in [2.45, 2.75) is 13.3 Å². The molecular formula is C12H15NO5. The lowest BCUT2D eigenvalue weighted by Crippen LogP contribution is -2.27. The van der Waals surface area contributed by atoms with E-state index in [0.29, 0.717) is 5.75 Å². The van der Waals surface area contributed by atoms with Crippen LogP contribution in [-0.4, -0.2) is 30.7 Å². The summed E-state index contributed by atoms with van der Waals surface area (Å²) < 4.78 is 5.14. The van der Waals surface area contributed by atoms with E-state index in [2.05, 4.69) is 10.3 Å². The number of hydrogen-bond acceptors (Lipinski definition) is 4. The molecule has 0 spiro atoms. The molecule has 1 rings (SSSR count). The number of aliphatic carboxylic acids is 1. The maximum Gasteiger partial charge on any atom is 0.332 e. The van der Waals surface area contributed by atoms with Gasteiger partial charge in [-0.25, -0.2) is 10.3 Å². The number of carboxylic acid groups (broad SMARTS) is 1. The topological polar surface area (TPSA) is 84.9 Å². The van der Waals surface area contributed by atoms with Crippen LogP contribution < -0.4 is 10.2 Å². The fraction of sp³-hybridized carbons (Fsp3) is 0.333. The Morgan fingerprint density at radius 2 is 2.11 bits per heavy atom. The average Bonchev–Trinajstić information content (AvgIpc) is 2.31. The van der Waals surface area contributed by atoms with Gasteiger partial charge in [0.15, 0.2) is 6.61 Å². The van der Waals surface area contributed by atoms with Crippen LogP contribution in [0, 0.1) is 6.92 Å². The van der Waals surface area contributed by atoms with Crippen LogP contribution in [0.15, 0.2) is 18.2 Å². The minimum Gasteiger partial charge on any atom is -0.496 e. The smallest absolute Gasteiger partial charge is 0.332 e. The number of benzene rings is 1. The number of carbonyl (C=O) groups excluding carboxylic acids is 1. The van der Waals surface area contributed by atoms with Gasteiger partial charge in [-0.2, -0.15) is 0 Å². The number of carbonyl (C=O) groups is 2. The van der Waals surface area contributed by atoms with Crippen LogP contribution in [0.25, 0.3) is 0 Å². The SMILES string of the molecule is COc1cc(CC(=O)NOCC(=O)O)ccc1C. The molecule has 1 aromatic carbocycles. The molecule has 0 aromatic heterocycles. The number of rotatable bonds is 6. The minimum absolute atomic E-state index is 0.0935. The molecule has 0 aliphatic heterocycles. The van der Waals surface area contributed by atoms with Gasteiger partial charge in [-0.1, -0.05) is 12.1 Å². The number of hydrogen-bond donors (Lipinski definition) is 2. The first-order valence-corrected chi connectivity index (χ1v) is 5.29. The Bertz CT molecular complexity index is 444. The molecule has 0 unspecified atom stereocenters. The van der Waals surface area contributed by atoms with E-state index in [1.807, 2.05) is 13.0 Å². The van der Waals surface area contributed by atoms with Crippen LogP contribution >= 0.6 is 0 Å². The number of nitrogens with one attached hydrogen (secondary N) is 1. The zero-order valence-electron chi connectivity index (χ0n) is 10.2. The Morgan fingerprint density at radius 1 is 1.39 bits per heavy atom. The zero-order chi connectivity index (χ0) is 13.5. The summed E-state index contributed by atoms with van der Waals surface area (Å²) in [6.45, 7) is 1.33. The second kappa shape index (κ2) is 6.61. The maximum absolute atomic E-state index is 11.4. The lowest BCUT2D eigenvalue weighted by Gasteiger charge is -2.08. The number of ether oxygens (including phenoxy) is 1. The molecule has 98 valence electrons. The Kier molecular flexibility index (Phi) is 5.13. The summed E-state index contributed by atoms with van der Waals surface area (Å²) in [4.78, 5) is 26.1. The summed E-state index contributed by atoms with van der Waals surface area (Å²) in [5, 5.41) is 8.32. The highest BCUT2D eigenvalue weighted by molar-refractivity contribution is 5.78. The van der Waals surface area contributed by atoms with Gasteiger partial charge in [0.1, 0.15) is 5.75 Å². The van der Waals surface area contributed by atoms with Crippen molar-refractivity contribution >= 4 is 11.9 Å². The summed E-state index contributed by atoms with van der Waals surface area (Å²) in [7, 11) is 1.56. The summed E-state index contributed by atoms with van der Waals surface area (Å²) in [5.41, 5.74) is 3.79. The number of amides is 1. The van der Waals surface area contributed by atoms with E-state index in [1.165, 1.54) is 0 Å². The molecule has 6 nitrogen and oxygen atoms in total. The van der Waals surface area contributed by atoms with E-state index in [0.717, 1.165) is 11.1 Å². The quantitative estimate of drug-likeness (QED) is 0.728. The number of hydroxylamine groups is 1. The van der Waals surface area contributed by atoms with E-state index in [-0.39, 0.29) is 6.42 Å². The molecule has 1 amide bonds. The third-order valence-corrected chi connectivity index (χ3v) is 2.22. The molecule has 0 bridgehead atoms. The van der Waals surface area contributed by atoms with E-state index >= 15 is 0 Å². The van der Waals surface area contributed by atoms with Crippen LogP contribution in [0.2, 0.25) is 0 Å². The zero-order valence-corrected chi connectivity index (χ0v) is 10.2. The van der Waals surface area contributed by atoms with Crippen molar-refractivity contribution in [1.29, 1.82) is 0 Å². The van der Waals surface area contributed by atoms with Crippen LogP contribution in [0.1, 0.15) is 11.1 Å². The predicted molar refractivity (Wildman–Crippen MR) is 63.2 cm³/mol. The number of methoxy groups -OCH3 is 1. The van der Waals surface area contributed by atoms with Crippen molar-refractivity contribution in [3.63, 3.8) is 0 Å². The molecule has 0 saturated heterocycles. The summed E-state index contributed by atoms with van der Waals surface area (Å²) >= 11 is 0. The van der Waals surface area contributed by atoms with Crippen LogP contribution in [0.3, 0.4) is 0 Å². The van der Waals surface area contributed by atoms with Gasteiger partial charge in [0.05, 0.1) is 13.5 Å². The van der Waals surface area contributed by atoms with Crippen molar-refractivity contribution in [2.24, 2.45) is 0 Å². The number of carboxylic acids is 1. The molecule has 2 N–H and O–H groups in total. The van der Waals surface area contributed by atoms with Gasteiger partial charge in [0.2, 0.25) is 5.91 Å². The minimum atomic E-state index is -1.15. The summed E-state index contributed by atoms with van der Waals surface area (Å²) in [5.74, 6) is -0.860. The van der Waals surface area contributed by atoms with E-state index in [9.17, 15) is 9.59 Å². The lowest BCUT2D eigenvalue weighted by molar-refractivity contribution is -0.149. The molecule has 1 aromatic rings. The molecule has 0 saturated carbocycles. The van der Waals surface area contributed by atoms with Crippen LogP contribution in [0.5, 0.6) is 5.75 Å². The first-order chi connectivity index (χ1) is 8.52. The Balaban J connectivity index is 2.51. The standard InChI is InChI=1S/C12H15NO5/c1-8-3-4-9(5-10(8)17-2)6-11(14)13-18-7-12(15)16/h3-5H,6-7H2,1-2H3,(H,13,14)(H,15,16). The Hall–Kier alpha value is -2.08. The van der Waals surface area contributed by atoms with Crippen molar-refractivity contribution < 1.29 is 24.3 Å². The van der Waals surface area contributed by atoms with Gasteiger partial charge in [-0.15, -0.1) is 0 Å².